The molecule has 0 fully saturated rings. The number of hydrogen-bond donors (Lipinski definition) is 2. The molecule has 1 atom stereocenters. The van der Waals surface area contributed by atoms with Crippen molar-refractivity contribution < 1.29 is 0 Å². The topological polar surface area (TPSA) is 63.8 Å². The smallest absolute Gasteiger partial charge is 0.150 e. The Kier molecular flexibility index (Phi) is 3.95. The van der Waals surface area contributed by atoms with E-state index in [2.05, 4.69) is 29.1 Å². The van der Waals surface area contributed by atoms with Gasteiger partial charge in [-0.25, -0.2) is 9.97 Å². The predicted octanol–water partition coefficient (Wildman–Crippen LogP) is 2.31. The highest BCUT2D eigenvalue weighted by Crippen LogP contribution is 2.24. The van der Waals surface area contributed by atoms with Gasteiger partial charge in [-0.3, -0.25) is 0 Å². The summed E-state index contributed by atoms with van der Waals surface area (Å²) in [6.07, 6.45) is 3.59. The average Bonchev–Trinajstić information content (AvgIpc) is 2.13. The Morgan fingerprint density at radius 2 is 2.29 bits per heavy atom. The molecule has 1 unspecified atom stereocenters. The summed E-state index contributed by atoms with van der Waals surface area (Å²) in [6.45, 7) is 4.21. The van der Waals surface area contributed by atoms with Crippen LogP contribution in [0.4, 0.5) is 11.6 Å². The highest BCUT2D eigenvalue weighted by Gasteiger charge is 2.08. The molecule has 0 amide bonds. The summed E-state index contributed by atoms with van der Waals surface area (Å²) in [7, 11) is 0. The van der Waals surface area contributed by atoms with E-state index in [1.165, 1.54) is 6.33 Å². The molecule has 0 saturated carbocycles. The van der Waals surface area contributed by atoms with Crippen molar-refractivity contribution in [3.63, 3.8) is 0 Å². The van der Waals surface area contributed by atoms with E-state index >= 15 is 0 Å². The van der Waals surface area contributed by atoms with E-state index in [1.807, 2.05) is 0 Å². The minimum Gasteiger partial charge on any atom is -0.382 e. The van der Waals surface area contributed by atoms with Crippen LogP contribution in [-0.4, -0.2) is 16.0 Å². The maximum atomic E-state index is 5.92. The van der Waals surface area contributed by atoms with Crippen LogP contribution in [0.1, 0.15) is 26.7 Å². The van der Waals surface area contributed by atoms with Gasteiger partial charge < -0.3 is 11.1 Å². The Labute approximate surface area is 88.9 Å². The van der Waals surface area contributed by atoms with Gasteiger partial charge in [0, 0.05) is 6.04 Å². The number of hydrogen-bond acceptors (Lipinski definition) is 4. The molecule has 14 heavy (non-hydrogen) atoms. The first-order valence-electron chi connectivity index (χ1n) is 4.67. The molecule has 0 radical (unpaired) electrons. The fourth-order valence-corrected chi connectivity index (χ4v) is 1.37. The minimum atomic E-state index is 0.313. The van der Waals surface area contributed by atoms with Crippen LogP contribution in [0, 0.1) is 0 Å². The van der Waals surface area contributed by atoms with E-state index < -0.39 is 0 Å². The van der Waals surface area contributed by atoms with Gasteiger partial charge in [0.05, 0.1) is 0 Å². The van der Waals surface area contributed by atoms with Crippen LogP contribution in [0.5, 0.6) is 0 Å². The normalized spacial score (nSPS) is 12.5. The number of halogens is 1. The van der Waals surface area contributed by atoms with Crippen LogP contribution >= 0.6 is 11.6 Å². The molecule has 1 heterocycles. The standard InChI is InChI=1S/C9H15ClN4/c1-3-4-6(2)14-9-7(10)8(11)12-5-13-9/h5-6H,3-4H2,1-2H3,(H3,11,12,13,14). The Hall–Kier alpha value is -1.03. The number of nitrogens with zero attached hydrogens (tertiary/aromatic N) is 2. The van der Waals surface area contributed by atoms with Crippen LogP contribution in [0.2, 0.25) is 5.02 Å². The fraction of sp³-hybridized carbons (Fsp3) is 0.556. The van der Waals surface area contributed by atoms with E-state index in [9.17, 15) is 0 Å². The third-order valence-corrected chi connectivity index (χ3v) is 2.29. The van der Waals surface area contributed by atoms with Gasteiger partial charge in [-0.15, -0.1) is 0 Å². The summed E-state index contributed by atoms with van der Waals surface area (Å²) in [5, 5.41) is 3.59. The third kappa shape index (κ3) is 2.73. The average molecular weight is 215 g/mol. The van der Waals surface area contributed by atoms with E-state index in [0.717, 1.165) is 12.8 Å². The first-order chi connectivity index (χ1) is 6.65. The van der Waals surface area contributed by atoms with Crippen LogP contribution in [0.15, 0.2) is 6.33 Å². The Balaban J connectivity index is 2.71. The first kappa shape index (κ1) is 11.0. The summed E-state index contributed by atoms with van der Waals surface area (Å²) in [5.41, 5.74) is 5.55. The van der Waals surface area contributed by atoms with Crippen molar-refractivity contribution in [3.05, 3.63) is 11.3 Å². The zero-order chi connectivity index (χ0) is 10.6. The largest absolute Gasteiger partial charge is 0.382 e. The molecule has 0 bridgehead atoms. The van der Waals surface area contributed by atoms with Gasteiger partial charge in [0.2, 0.25) is 0 Å². The molecule has 1 rings (SSSR count). The molecule has 4 nitrogen and oxygen atoms in total. The lowest BCUT2D eigenvalue weighted by atomic mass is 10.2. The molecule has 0 aliphatic carbocycles. The van der Waals surface area contributed by atoms with Crippen molar-refractivity contribution in [2.75, 3.05) is 11.1 Å². The quantitative estimate of drug-likeness (QED) is 0.808. The van der Waals surface area contributed by atoms with Crippen molar-refractivity contribution in [1.29, 1.82) is 0 Å². The monoisotopic (exact) mass is 214 g/mol. The highest BCUT2D eigenvalue weighted by atomic mass is 35.5. The highest BCUT2D eigenvalue weighted by molar-refractivity contribution is 6.35. The summed E-state index contributed by atoms with van der Waals surface area (Å²) < 4.78 is 0. The molecule has 0 spiro atoms. The van der Waals surface area contributed by atoms with E-state index in [-0.39, 0.29) is 0 Å². The zero-order valence-electron chi connectivity index (χ0n) is 8.42. The minimum absolute atomic E-state index is 0.313. The summed E-state index contributed by atoms with van der Waals surface area (Å²) >= 11 is 5.92. The molecule has 1 aromatic heterocycles. The second-order valence-electron chi connectivity index (χ2n) is 3.26. The molecule has 0 aliphatic heterocycles. The van der Waals surface area contributed by atoms with Crippen molar-refractivity contribution in [2.24, 2.45) is 0 Å². The molecular weight excluding hydrogens is 200 g/mol. The molecule has 1 aromatic rings. The third-order valence-electron chi connectivity index (χ3n) is 1.92. The molecule has 3 N–H and O–H groups in total. The fourth-order valence-electron chi connectivity index (χ4n) is 1.22. The van der Waals surface area contributed by atoms with E-state index in [1.54, 1.807) is 0 Å². The number of rotatable bonds is 4. The van der Waals surface area contributed by atoms with Gasteiger partial charge in [-0.1, -0.05) is 24.9 Å². The maximum Gasteiger partial charge on any atom is 0.150 e. The number of nitrogens with one attached hydrogen (secondary N) is 1. The van der Waals surface area contributed by atoms with Crippen LogP contribution in [-0.2, 0) is 0 Å². The first-order valence-corrected chi connectivity index (χ1v) is 5.05. The number of nitrogens with two attached hydrogens (primary N) is 1. The number of aromatic nitrogens is 2. The van der Waals surface area contributed by atoms with Crippen molar-refractivity contribution in [3.8, 4) is 0 Å². The molecular formula is C9H15ClN4. The Morgan fingerprint density at radius 3 is 2.93 bits per heavy atom. The van der Waals surface area contributed by atoms with Gasteiger partial charge >= 0.3 is 0 Å². The Bertz CT molecular complexity index is 303. The predicted molar refractivity (Wildman–Crippen MR) is 59.4 cm³/mol. The van der Waals surface area contributed by atoms with Gasteiger partial charge in [-0.2, -0.15) is 0 Å². The van der Waals surface area contributed by atoms with Gasteiger partial charge in [-0.05, 0) is 13.3 Å². The summed E-state index contributed by atoms with van der Waals surface area (Å²) in [5.74, 6) is 0.924. The SMILES string of the molecule is CCCC(C)Nc1ncnc(N)c1Cl. The number of anilines is 2. The van der Waals surface area contributed by atoms with Crippen LogP contribution in [0.25, 0.3) is 0 Å². The van der Waals surface area contributed by atoms with Gasteiger partial charge in [0.15, 0.2) is 5.82 Å². The van der Waals surface area contributed by atoms with Gasteiger partial charge in [0.25, 0.3) is 0 Å². The molecule has 78 valence electrons. The summed E-state index contributed by atoms with van der Waals surface area (Å²) in [6, 6.07) is 0.340. The van der Waals surface area contributed by atoms with Crippen LogP contribution in [0.3, 0.4) is 0 Å². The maximum absolute atomic E-state index is 5.92. The molecule has 5 heteroatoms. The lowest BCUT2D eigenvalue weighted by Gasteiger charge is -2.14. The van der Waals surface area contributed by atoms with Crippen molar-refractivity contribution in [1.82, 2.24) is 9.97 Å². The lowest BCUT2D eigenvalue weighted by Crippen LogP contribution is -2.16. The van der Waals surface area contributed by atoms with Crippen molar-refractivity contribution in [2.45, 2.75) is 32.7 Å². The lowest BCUT2D eigenvalue weighted by molar-refractivity contribution is 0.687. The van der Waals surface area contributed by atoms with Gasteiger partial charge in [0.1, 0.15) is 17.2 Å². The second-order valence-corrected chi connectivity index (χ2v) is 3.63. The van der Waals surface area contributed by atoms with E-state index in [0.29, 0.717) is 22.7 Å². The zero-order valence-corrected chi connectivity index (χ0v) is 9.17. The molecule has 0 saturated heterocycles. The Morgan fingerprint density at radius 1 is 1.57 bits per heavy atom. The molecule has 0 aromatic carbocycles. The van der Waals surface area contributed by atoms with E-state index in [4.69, 9.17) is 17.3 Å². The second kappa shape index (κ2) is 5.00. The van der Waals surface area contributed by atoms with Crippen molar-refractivity contribution >= 4 is 23.2 Å². The van der Waals surface area contributed by atoms with Crippen LogP contribution < -0.4 is 11.1 Å². The summed E-state index contributed by atoms with van der Waals surface area (Å²) in [4.78, 5) is 7.81. The number of nitrogen functional groups attached to an aromatic ring is 1. The molecule has 0 aliphatic rings.